The molecule has 20 heavy (non-hydrogen) atoms. The van der Waals surface area contributed by atoms with E-state index in [9.17, 15) is 0 Å². The van der Waals surface area contributed by atoms with Gasteiger partial charge in [0, 0.05) is 6.04 Å². The lowest BCUT2D eigenvalue weighted by Gasteiger charge is -2.19. The van der Waals surface area contributed by atoms with Gasteiger partial charge in [-0.25, -0.2) is 4.98 Å². The average molecular weight is 311 g/mol. The largest absolute Gasteiger partial charge is 0.497 e. The van der Waals surface area contributed by atoms with Gasteiger partial charge in [0.1, 0.15) is 10.9 Å². The molecule has 0 aliphatic rings. The maximum atomic E-state index is 6.14. The van der Waals surface area contributed by atoms with Crippen LogP contribution in [0.3, 0.4) is 0 Å². The highest BCUT2D eigenvalue weighted by Crippen LogP contribution is 2.30. The van der Waals surface area contributed by atoms with Crippen LogP contribution in [0, 0.1) is 6.92 Å². The van der Waals surface area contributed by atoms with Crippen LogP contribution in [0.1, 0.15) is 24.1 Å². The average Bonchev–Trinajstić information content (AvgIpc) is 2.42. The summed E-state index contributed by atoms with van der Waals surface area (Å²) in [6, 6.07) is 9.76. The van der Waals surface area contributed by atoms with E-state index in [0.717, 1.165) is 22.6 Å². The number of methoxy groups -OCH3 is 1. The molecule has 1 atom stereocenters. The van der Waals surface area contributed by atoms with E-state index in [0.29, 0.717) is 10.3 Å². The third-order valence-corrected chi connectivity index (χ3v) is 3.56. The van der Waals surface area contributed by atoms with Gasteiger partial charge in [-0.3, -0.25) is 0 Å². The molecule has 0 saturated heterocycles. The summed E-state index contributed by atoms with van der Waals surface area (Å²) in [5.74, 6) is 0.827. The summed E-state index contributed by atoms with van der Waals surface area (Å²) in [6.45, 7) is 4.00. The molecule has 1 aromatic heterocycles. The van der Waals surface area contributed by atoms with Crippen molar-refractivity contribution in [2.75, 3.05) is 12.4 Å². The number of ether oxygens (including phenoxy) is 1. The van der Waals surface area contributed by atoms with Gasteiger partial charge >= 0.3 is 0 Å². The Morgan fingerprint density at radius 1 is 1.25 bits per heavy atom. The molecule has 0 spiro atoms. The molecule has 2 aromatic rings. The lowest BCUT2D eigenvalue weighted by molar-refractivity contribution is 0.414. The molecule has 1 N–H and O–H groups in total. The van der Waals surface area contributed by atoms with Crippen molar-refractivity contribution in [1.29, 1.82) is 0 Å². The molecule has 0 fully saturated rings. The summed E-state index contributed by atoms with van der Waals surface area (Å²) in [6.07, 6.45) is 0. The van der Waals surface area contributed by atoms with Crippen LogP contribution < -0.4 is 10.1 Å². The van der Waals surface area contributed by atoms with Gasteiger partial charge in [-0.1, -0.05) is 35.3 Å². The van der Waals surface area contributed by atoms with Crippen LogP contribution in [0.15, 0.2) is 30.3 Å². The normalized spacial score (nSPS) is 12.1. The van der Waals surface area contributed by atoms with Crippen LogP contribution in [0.4, 0.5) is 5.69 Å². The van der Waals surface area contributed by atoms with Crippen molar-refractivity contribution in [3.63, 3.8) is 0 Å². The molecule has 1 heterocycles. The Hall–Kier alpha value is -1.45. The number of halogens is 2. The number of hydrogen-bond donors (Lipinski definition) is 1. The molecule has 0 amide bonds. The Bertz CT molecular complexity index is 594. The Labute approximate surface area is 128 Å². The first kappa shape index (κ1) is 14.9. The fraction of sp³-hybridized carbons (Fsp3) is 0.267. The number of hydrogen-bond acceptors (Lipinski definition) is 3. The Kier molecular flexibility index (Phi) is 4.73. The Morgan fingerprint density at radius 3 is 2.65 bits per heavy atom. The molecular weight excluding hydrogens is 295 g/mol. The number of anilines is 1. The number of benzene rings is 1. The minimum Gasteiger partial charge on any atom is -0.497 e. The van der Waals surface area contributed by atoms with E-state index in [4.69, 9.17) is 27.9 Å². The Balaban J connectivity index is 2.25. The monoisotopic (exact) mass is 310 g/mol. The third kappa shape index (κ3) is 3.35. The highest BCUT2D eigenvalue weighted by molar-refractivity contribution is 6.34. The Morgan fingerprint density at radius 2 is 2.00 bits per heavy atom. The van der Waals surface area contributed by atoms with Crippen LogP contribution in [-0.2, 0) is 0 Å². The number of nitrogens with zero attached hydrogens (tertiary/aromatic N) is 1. The summed E-state index contributed by atoms with van der Waals surface area (Å²) >= 11 is 12.0. The van der Waals surface area contributed by atoms with Gasteiger partial charge in [0.15, 0.2) is 5.15 Å². The third-order valence-electron chi connectivity index (χ3n) is 3.10. The van der Waals surface area contributed by atoms with Crippen molar-refractivity contribution in [2.45, 2.75) is 19.9 Å². The van der Waals surface area contributed by atoms with Gasteiger partial charge in [-0.15, -0.1) is 0 Å². The zero-order valence-electron chi connectivity index (χ0n) is 11.6. The van der Waals surface area contributed by atoms with Gasteiger partial charge in [-0.2, -0.15) is 0 Å². The van der Waals surface area contributed by atoms with Crippen molar-refractivity contribution in [1.82, 2.24) is 4.98 Å². The van der Waals surface area contributed by atoms with Crippen molar-refractivity contribution < 1.29 is 4.74 Å². The minimum absolute atomic E-state index is 0.0734. The predicted molar refractivity (Wildman–Crippen MR) is 84.0 cm³/mol. The smallest absolute Gasteiger partial charge is 0.154 e. The molecule has 0 radical (unpaired) electrons. The first-order chi connectivity index (χ1) is 9.51. The second-order valence-corrected chi connectivity index (χ2v) is 5.32. The van der Waals surface area contributed by atoms with Gasteiger partial charge in [0.2, 0.25) is 0 Å². The van der Waals surface area contributed by atoms with Crippen molar-refractivity contribution in [3.8, 4) is 5.75 Å². The summed E-state index contributed by atoms with van der Waals surface area (Å²) in [4.78, 5) is 4.06. The number of aromatic nitrogens is 1. The van der Waals surface area contributed by atoms with Gasteiger partial charge in [-0.05, 0) is 43.2 Å². The first-order valence-electron chi connectivity index (χ1n) is 6.24. The van der Waals surface area contributed by atoms with Gasteiger partial charge < -0.3 is 10.1 Å². The van der Waals surface area contributed by atoms with Gasteiger partial charge in [0.25, 0.3) is 0 Å². The second-order valence-electron chi connectivity index (χ2n) is 4.57. The highest BCUT2D eigenvalue weighted by Gasteiger charge is 2.12. The van der Waals surface area contributed by atoms with Crippen LogP contribution in [0.25, 0.3) is 0 Å². The van der Waals surface area contributed by atoms with Crippen molar-refractivity contribution >= 4 is 28.9 Å². The summed E-state index contributed by atoms with van der Waals surface area (Å²) in [5, 5.41) is 4.14. The first-order valence-corrected chi connectivity index (χ1v) is 7.00. The molecule has 0 aliphatic heterocycles. The summed E-state index contributed by atoms with van der Waals surface area (Å²) < 4.78 is 5.23. The quantitative estimate of drug-likeness (QED) is 0.817. The minimum atomic E-state index is 0.0734. The lowest BCUT2D eigenvalue weighted by Crippen LogP contribution is -2.09. The fourth-order valence-corrected chi connectivity index (χ4v) is 2.57. The highest BCUT2D eigenvalue weighted by atomic mass is 35.5. The maximum absolute atomic E-state index is 6.14. The predicted octanol–water partition coefficient (Wildman–Crippen LogP) is 4.88. The molecule has 3 nitrogen and oxygen atoms in total. The molecule has 0 aliphatic carbocycles. The molecular formula is C15H16Cl2N2O. The number of rotatable bonds is 4. The van der Waals surface area contributed by atoms with Crippen molar-refractivity contribution in [2.24, 2.45) is 0 Å². The van der Waals surface area contributed by atoms with E-state index in [1.54, 1.807) is 13.2 Å². The summed E-state index contributed by atoms with van der Waals surface area (Å²) in [7, 11) is 1.65. The molecule has 0 saturated carbocycles. The SMILES string of the molecule is COc1cccc(C(C)Nc2c(C)cc(Cl)nc2Cl)c1. The van der Waals surface area contributed by atoms with E-state index in [1.165, 1.54) is 0 Å². The van der Waals surface area contributed by atoms with Crippen LogP contribution in [0.2, 0.25) is 10.3 Å². The number of pyridine rings is 1. The molecule has 106 valence electrons. The standard InChI is InChI=1S/C15H16Cl2N2O/c1-9-7-13(16)19-15(17)14(9)18-10(2)11-5-4-6-12(8-11)20-3/h4-8,10,18H,1-3H3. The molecule has 1 unspecified atom stereocenters. The zero-order valence-corrected chi connectivity index (χ0v) is 13.1. The van der Waals surface area contributed by atoms with E-state index in [-0.39, 0.29) is 6.04 Å². The topological polar surface area (TPSA) is 34.1 Å². The van der Waals surface area contributed by atoms with Crippen LogP contribution in [0.5, 0.6) is 5.75 Å². The molecule has 1 aromatic carbocycles. The number of nitrogens with one attached hydrogen (secondary N) is 1. The summed E-state index contributed by atoms with van der Waals surface area (Å²) in [5.41, 5.74) is 2.87. The van der Waals surface area contributed by atoms with E-state index < -0.39 is 0 Å². The molecule has 0 bridgehead atoms. The van der Waals surface area contributed by atoms with Gasteiger partial charge in [0.05, 0.1) is 12.8 Å². The second kappa shape index (κ2) is 6.33. The van der Waals surface area contributed by atoms with Crippen LogP contribution in [-0.4, -0.2) is 12.1 Å². The lowest BCUT2D eigenvalue weighted by atomic mass is 10.1. The van der Waals surface area contributed by atoms with E-state index >= 15 is 0 Å². The molecule has 5 heteroatoms. The fourth-order valence-electron chi connectivity index (χ4n) is 1.98. The van der Waals surface area contributed by atoms with Crippen molar-refractivity contribution in [3.05, 3.63) is 51.8 Å². The zero-order chi connectivity index (χ0) is 14.7. The van der Waals surface area contributed by atoms with E-state index in [2.05, 4.69) is 17.2 Å². The van der Waals surface area contributed by atoms with E-state index in [1.807, 2.05) is 31.2 Å². The maximum Gasteiger partial charge on any atom is 0.154 e. The number of aryl methyl sites for hydroxylation is 1. The van der Waals surface area contributed by atoms with Crippen LogP contribution >= 0.6 is 23.2 Å². The molecule has 2 rings (SSSR count).